The van der Waals surface area contributed by atoms with Gasteiger partial charge in [0.2, 0.25) is 0 Å². The van der Waals surface area contributed by atoms with Gasteiger partial charge >= 0.3 is 0 Å². The van der Waals surface area contributed by atoms with Gasteiger partial charge in [0.05, 0.1) is 18.4 Å². The molecule has 0 saturated heterocycles. The van der Waals surface area contributed by atoms with Crippen LogP contribution in [-0.4, -0.2) is 11.1 Å². The Morgan fingerprint density at radius 2 is 2.21 bits per heavy atom. The molecule has 3 rings (SSSR count). The predicted octanol–water partition coefficient (Wildman–Crippen LogP) is 4.47. The highest BCUT2D eigenvalue weighted by Gasteiger charge is 2.61. The van der Waals surface area contributed by atoms with E-state index in [2.05, 4.69) is 25.8 Å². The molecule has 3 unspecified atom stereocenters. The number of hydrogen-bond acceptors (Lipinski definition) is 2. The number of halogens is 1. The van der Waals surface area contributed by atoms with Crippen molar-refractivity contribution >= 4 is 11.6 Å². The molecule has 1 aromatic heterocycles. The molecular formula is C16H22ClNO. The highest BCUT2D eigenvalue weighted by molar-refractivity contribution is 6.30. The molecule has 0 aromatic carbocycles. The number of fused-ring (bicyclic) bond motifs is 2. The van der Waals surface area contributed by atoms with Crippen molar-refractivity contribution in [3.63, 3.8) is 0 Å². The van der Waals surface area contributed by atoms with Gasteiger partial charge in [-0.1, -0.05) is 32.4 Å². The monoisotopic (exact) mass is 279 g/mol. The molecule has 2 aliphatic rings. The Labute approximate surface area is 120 Å². The summed E-state index contributed by atoms with van der Waals surface area (Å²) >= 11 is 5.98. The summed E-state index contributed by atoms with van der Waals surface area (Å²) in [6.07, 6.45) is 5.95. The molecule has 0 spiro atoms. The van der Waals surface area contributed by atoms with E-state index in [0.717, 1.165) is 16.6 Å². The van der Waals surface area contributed by atoms with Crippen molar-refractivity contribution in [1.82, 2.24) is 4.98 Å². The Bertz CT molecular complexity index is 487. The molecule has 2 saturated carbocycles. The molecule has 2 aliphatic carbocycles. The average molecular weight is 280 g/mol. The Morgan fingerprint density at radius 1 is 1.42 bits per heavy atom. The Balaban J connectivity index is 1.69. The molecule has 0 radical (unpaired) electrons. The van der Waals surface area contributed by atoms with Gasteiger partial charge in [0.25, 0.3) is 0 Å². The third-order valence-corrected chi connectivity index (χ3v) is 6.16. The molecule has 2 fully saturated rings. The second kappa shape index (κ2) is 4.46. The summed E-state index contributed by atoms with van der Waals surface area (Å²) in [5.74, 6) is 0.815. The highest BCUT2D eigenvalue weighted by atomic mass is 35.5. The first kappa shape index (κ1) is 13.4. The lowest BCUT2D eigenvalue weighted by molar-refractivity contribution is -0.0560. The maximum Gasteiger partial charge on any atom is 0.0892 e. The maximum absolute atomic E-state index is 6.20. The van der Waals surface area contributed by atoms with Crippen molar-refractivity contribution in [2.75, 3.05) is 0 Å². The van der Waals surface area contributed by atoms with Crippen LogP contribution < -0.4 is 0 Å². The minimum Gasteiger partial charge on any atom is -0.371 e. The van der Waals surface area contributed by atoms with Gasteiger partial charge in [0.15, 0.2) is 0 Å². The van der Waals surface area contributed by atoms with Crippen molar-refractivity contribution in [1.29, 1.82) is 0 Å². The smallest absolute Gasteiger partial charge is 0.0892 e. The van der Waals surface area contributed by atoms with Gasteiger partial charge in [-0.3, -0.25) is 4.98 Å². The Morgan fingerprint density at radius 3 is 2.79 bits per heavy atom. The molecule has 0 amide bonds. The summed E-state index contributed by atoms with van der Waals surface area (Å²) in [5, 5.41) is 0.730. The van der Waals surface area contributed by atoms with Gasteiger partial charge in [-0.15, -0.1) is 0 Å². The zero-order chi connectivity index (χ0) is 13.7. The Hall–Kier alpha value is -0.600. The van der Waals surface area contributed by atoms with Gasteiger partial charge in [-0.25, -0.2) is 0 Å². The van der Waals surface area contributed by atoms with Crippen LogP contribution in [0.1, 0.15) is 45.7 Å². The fourth-order valence-electron chi connectivity index (χ4n) is 4.10. The van der Waals surface area contributed by atoms with Gasteiger partial charge < -0.3 is 4.74 Å². The molecular weight excluding hydrogens is 258 g/mol. The van der Waals surface area contributed by atoms with Crippen LogP contribution >= 0.6 is 11.6 Å². The average Bonchev–Trinajstić information content (AvgIpc) is 2.69. The van der Waals surface area contributed by atoms with Gasteiger partial charge in [-0.05, 0) is 48.1 Å². The molecule has 3 heteroatoms. The second-order valence-electron chi connectivity index (χ2n) is 6.88. The normalized spacial score (nSPS) is 35.8. The largest absolute Gasteiger partial charge is 0.371 e. The third kappa shape index (κ3) is 2.00. The van der Waals surface area contributed by atoms with E-state index in [1.807, 2.05) is 6.07 Å². The molecule has 0 aliphatic heterocycles. The van der Waals surface area contributed by atoms with Crippen molar-refractivity contribution in [3.05, 3.63) is 29.0 Å². The fraction of sp³-hybridized carbons (Fsp3) is 0.688. The first-order chi connectivity index (χ1) is 8.93. The topological polar surface area (TPSA) is 22.1 Å². The number of nitrogens with zero attached hydrogens (tertiary/aromatic N) is 1. The number of hydrogen-bond donors (Lipinski definition) is 0. The summed E-state index contributed by atoms with van der Waals surface area (Å²) in [5.41, 5.74) is 1.65. The molecule has 2 nitrogen and oxygen atoms in total. The van der Waals surface area contributed by atoms with Crippen molar-refractivity contribution in [3.8, 4) is 0 Å². The minimum atomic E-state index is 0.316. The summed E-state index contributed by atoms with van der Waals surface area (Å²) in [6, 6.07) is 3.69. The van der Waals surface area contributed by atoms with Gasteiger partial charge in [0, 0.05) is 11.2 Å². The van der Waals surface area contributed by atoms with Crippen LogP contribution in [0, 0.1) is 16.7 Å². The van der Waals surface area contributed by atoms with Crippen LogP contribution in [0.2, 0.25) is 5.02 Å². The van der Waals surface area contributed by atoms with Gasteiger partial charge in [0.1, 0.15) is 0 Å². The van der Waals surface area contributed by atoms with E-state index in [1.54, 1.807) is 12.3 Å². The lowest BCUT2D eigenvalue weighted by Gasteiger charge is -2.38. The van der Waals surface area contributed by atoms with Crippen molar-refractivity contribution in [2.24, 2.45) is 16.7 Å². The minimum absolute atomic E-state index is 0.316. The lowest BCUT2D eigenvalue weighted by Crippen LogP contribution is -2.37. The highest BCUT2D eigenvalue weighted by Crippen LogP contribution is 2.66. The molecule has 1 heterocycles. The maximum atomic E-state index is 6.20. The number of rotatable bonds is 3. The van der Waals surface area contributed by atoms with Gasteiger partial charge in [-0.2, -0.15) is 0 Å². The number of ether oxygens (including phenoxy) is 1. The summed E-state index contributed by atoms with van der Waals surface area (Å²) in [4.78, 5) is 4.31. The second-order valence-corrected chi connectivity index (χ2v) is 7.31. The van der Waals surface area contributed by atoms with Crippen molar-refractivity contribution < 1.29 is 4.74 Å². The summed E-state index contributed by atoms with van der Waals surface area (Å²) in [6.45, 7) is 7.79. The molecule has 3 atom stereocenters. The van der Waals surface area contributed by atoms with Crippen LogP contribution in [0.25, 0.3) is 0 Å². The van der Waals surface area contributed by atoms with E-state index in [1.165, 1.54) is 19.3 Å². The van der Waals surface area contributed by atoms with E-state index in [-0.39, 0.29) is 0 Å². The summed E-state index contributed by atoms with van der Waals surface area (Å²) in [7, 11) is 0. The zero-order valence-corrected chi connectivity index (χ0v) is 12.7. The van der Waals surface area contributed by atoms with E-state index in [9.17, 15) is 0 Å². The fourth-order valence-corrected chi connectivity index (χ4v) is 4.28. The molecule has 0 N–H and O–H groups in total. The first-order valence-electron chi connectivity index (χ1n) is 7.15. The third-order valence-electron chi connectivity index (χ3n) is 5.92. The number of pyridine rings is 1. The first-order valence-corrected chi connectivity index (χ1v) is 7.53. The number of aromatic nitrogens is 1. The quantitative estimate of drug-likeness (QED) is 0.815. The lowest BCUT2D eigenvalue weighted by atomic mass is 9.70. The molecule has 104 valence electrons. The zero-order valence-electron chi connectivity index (χ0n) is 11.9. The van der Waals surface area contributed by atoms with E-state index >= 15 is 0 Å². The SMILES string of the molecule is CC1(C)C2CCC1(C)C(OCc1cc(Cl)ccn1)C2. The van der Waals surface area contributed by atoms with E-state index in [4.69, 9.17) is 16.3 Å². The van der Waals surface area contributed by atoms with Crippen LogP contribution in [-0.2, 0) is 11.3 Å². The Kier molecular flexibility index (Phi) is 3.14. The van der Waals surface area contributed by atoms with Crippen LogP contribution in [0.4, 0.5) is 0 Å². The molecule has 1 aromatic rings. The van der Waals surface area contributed by atoms with Crippen LogP contribution in [0.5, 0.6) is 0 Å². The van der Waals surface area contributed by atoms with Crippen LogP contribution in [0.3, 0.4) is 0 Å². The van der Waals surface area contributed by atoms with E-state index in [0.29, 0.717) is 23.5 Å². The van der Waals surface area contributed by atoms with Crippen LogP contribution in [0.15, 0.2) is 18.3 Å². The van der Waals surface area contributed by atoms with Crippen molar-refractivity contribution in [2.45, 2.75) is 52.7 Å². The standard InChI is InChI=1S/C16H22ClNO/c1-15(2)11-4-6-16(15,3)14(8-11)19-10-13-9-12(17)5-7-18-13/h5,7,9,11,14H,4,6,8,10H2,1-3H3. The molecule has 2 bridgehead atoms. The molecule has 19 heavy (non-hydrogen) atoms. The predicted molar refractivity (Wildman–Crippen MR) is 77.1 cm³/mol. The van der Waals surface area contributed by atoms with E-state index < -0.39 is 0 Å². The summed E-state index contributed by atoms with van der Waals surface area (Å²) < 4.78 is 6.20.